The number of aliphatic imine (C=N–C) groups is 2. The maximum Gasteiger partial charge on any atom is 0.192 e. The Bertz CT molecular complexity index is 1600. The van der Waals surface area contributed by atoms with Crippen LogP contribution in [0.4, 0.5) is 0 Å². The molecule has 11 heteroatoms. The molecule has 0 saturated heterocycles. The molecule has 0 bridgehead atoms. The smallest absolute Gasteiger partial charge is 0.192 e. The molecule has 0 aliphatic carbocycles. The third-order valence-electron chi connectivity index (χ3n) is 5.29. The van der Waals surface area contributed by atoms with Crippen LogP contribution < -0.4 is 0 Å². The molecule has 6 aromatic rings. The second-order valence-electron chi connectivity index (χ2n) is 7.31. The standard InChI is InChI=1S/C21H13N11/c1-2-12-17(24-5-1)32-20(27-12)21-30-15(18-25-10-3-6-22-8-13(10)28-18)16(31-21)19-26-11-4-7-23-9-14(11)29-19/h1-9,15H,(H,25,28)(H,26,29)(H,24,27,32). The van der Waals surface area contributed by atoms with Crippen LogP contribution in [0.1, 0.15) is 23.5 Å². The van der Waals surface area contributed by atoms with E-state index >= 15 is 0 Å². The number of pyridine rings is 3. The first-order chi connectivity index (χ1) is 15.8. The van der Waals surface area contributed by atoms with Crippen molar-refractivity contribution in [3.63, 3.8) is 0 Å². The number of nitrogens with one attached hydrogen (secondary N) is 3. The van der Waals surface area contributed by atoms with Crippen LogP contribution in [0, 0.1) is 0 Å². The molecule has 6 aromatic heterocycles. The van der Waals surface area contributed by atoms with E-state index < -0.39 is 6.04 Å². The molecule has 11 nitrogen and oxygen atoms in total. The minimum absolute atomic E-state index is 0.458. The van der Waals surface area contributed by atoms with E-state index in [0.717, 1.165) is 27.6 Å². The Morgan fingerprint density at radius 2 is 1.50 bits per heavy atom. The summed E-state index contributed by atoms with van der Waals surface area (Å²) in [6.45, 7) is 0. The summed E-state index contributed by atoms with van der Waals surface area (Å²) in [6, 6.07) is 6.97. The number of hydrogen-bond donors (Lipinski definition) is 3. The highest BCUT2D eigenvalue weighted by molar-refractivity contribution is 6.17. The minimum atomic E-state index is -0.493. The van der Waals surface area contributed by atoms with Crippen molar-refractivity contribution < 1.29 is 0 Å². The Kier molecular flexibility index (Phi) is 3.36. The molecule has 1 atom stereocenters. The average molecular weight is 419 g/mol. The van der Waals surface area contributed by atoms with E-state index in [1.807, 2.05) is 24.3 Å². The molecule has 7 heterocycles. The van der Waals surface area contributed by atoms with Crippen molar-refractivity contribution in [2.45, 2.75) is 6.04 Å². The predicted octanol–water partition coefficient (Wildman–Crippen LogP) is 2.49. The molecule has 152 valence electrons. The van der Waals surface area contributed by atoms with Gasteiger partial charge in [-0.3, -0.25) is 9.97 Å². The van der Waals surface area contributed by atoms with Crippen LogP contribution in [0.3, 0.4) is 0 Å². The normalized spacial score (nSPS) is 16.2. The maximum atomic E-state index is 4.85. The SMILES string of the molecule is c1cnc2nc(C3=NC(c4nc5ccncc5[nH]4)C(c4nc5ccncc5[nH]4)=N3)[nH]c2c1. The highest BCUT2D eigenvalue weighted by Crippen LogP contribution is 2.29. The molecule has 0 saturated carbocycles. The number of aromatic nitrogens is 9. The number of amidine groups is 1. The van der Waals surface area contributed by atoms with Crippen molar-refractivity contribution in [1.29, 1.82) is 0 Å². The van der Waals surface area contributed by atoms with Crippen molar-refractivity contribution in [3.8, 4) is 0 Å². The molecule has 7 rings (SSSR count). The van der Waals surface area contributed by atoms with E-state index in [4.69, 9.17) is 20.0 Å². The molecule has 0 spiro atoms. The summed E-state index contributed by atoms with van der Waals surface area (Å²) in [5.74, 6) is 2.24. The van der Waals surface area contributed by atoms with Gasteiger partial charge in [0.05, 0.1) is 40.0 Å². The molecular formula is C21H13N11. The summed E-state index contributed by atoms with van der Waals surface area (Å²) in [7, 11) is 0. The number of hydrogen-bond acceptors (Lipinski definition) is 8. The van der Waals surface area contributed by atoms with Gasteiger partial charge in [0.1, 0.15) is 11.5 Å². The largest absolute Gasteiger partial charge is 0.339 e. The summed E-state index contributed by atoms with van der Waals surface area (Å²) in [5.41, 5.74) is 5.31. The molecule has 3 N–H and O–H groups in total. The molecular weight excluding hydrogens is 406 g/mol. The minimum Gasteiger partial charge on any atom is -0.339 e. The van der Waals surface area contributed by atoms with Crippen LogP contribution >= 0.6 is 0 Å². The fourth-order valence-electron chi connectivity index (χ4n) is 3.81. The highest BCUT2D eigenvalue weighted by Gasteiger charge is 2.32. The van der Waals surface area contributed by atoms with Gasteiger partial charge in [0, 0.05) is 18.6 Å². The second-order valence-corrected chi connectivity index (χ2v) is 7.31. The summed E-state index contributed by atoms with van der Waals surface area (Å²) >= 11 is 0. The summed E-state index contributed by atoms with van der Waals surface area (Å²) < 4.78 is 0. The van der Waals surface area contributed by atoms with Crippen molar-refractivity contribution in [2.75, 3.05) is 0 Å². The van der Waals surface area contributed by atoms with E-state index in [1.54, 1.807) is 31.0 Å². The van der Waals surface area contributed by atoms with Gasteiger partial charge in [-0.1, -0.05) is 0 Å². The van der Waals surface area contributed by atoms with Gasteiger partial charge in [0.2, 0.25) is 0 Å². The second kappa shape index (κ2) is 6.35. The lowest BCUT2D eigenvalue weighted by Gasteiger charge is -2.05. The van der Waals surface area contributed by atoms with Gasteiger partial charge < -0.3 is 15.0 Å². The number of rotatable bonds is 3. The number of nitrogens with zero attached hydrogens (tertiary/aromatic N) is 8. The Balaban J connectivity index is 1.41. The van der Waals surface area contributed by atoms with Gasteiger partial charge in [0.25, 0.3) is 0 Å². The summed E-state index contributed by atoms with van der Waals surface area (Å²) in [6.07, 6.45) is 8.58. The first-order valence-corrected chi connectivity index (χ1v) is 9.89. The van der Waals surface area contributed by atoms with Gasteiger partial charge in [-0.2, -0.15) is 0 Å². The lowest BCUT2D eigenvalue weighted by atomic mass is 10.1. The molecule has 1 unspecified atom stereocenters. The van der Waals surface area contributed by atoms with Crippen LogP contribution in [-0.4, -0.2) is 56.4 Å². The Morgan fingerprint density at radius 1 is 0.719 bits per heavy atom. The first kappa shape index (κ1) is 16.9. The van der Waals surface area contributed by atoms with Gasteiger partial charge in [-0.05, 0) is 24.3 Å². The zero-order valence-corrected chi connectivity index (χ0v) is 16.4. The Morgan fingerprint density at radius 3 is 2.28 bits per heavy atom. The van der Waals surface area contributed by atoms with Gasteiger partial charge in [-0.25, -0.2) is 29.9 Å². The topological polar surface area (TPSA) is 149 Å². The number of aromatic amines is 3. The lowest BCUT2D eigenvalue weighted by Crippen LogP contribution is -2.12. The third-order valence-corrected chi connectivity index (χ3v) is 5.29. The van der Waals surface area contributed by atoms with E-state index in [0.29, 0.717) is 34.7 Å². The summed E-state index contributed by atoms with van der Waals surface area (Å²) in [5, 5.41) is 0. The van der Waals surface area contributed by atoms with Crippen LogP contribution in [0.5, 0.6) is 0 Å². The first-order valence-electron chi connectivity index (χ1n) is 9.89. The molecule has 0 amide bonds. The van der Waals surface area contributed by atoms with Crippen LogP contribution in [-0.2, 0) is 0 Å². The Hall–Kier alpha value is -4.80. The molecule has 1 aliphatic heterocycles. The Labute approximate surface area is 178 Å². The van der Waals surface area contributed by atoms with E-state index in [2.05, 4.69) is 34.9 Å². The lowest BCUT2D eigenvalue weighted by molar-refractivity contribution is 0.888. The van der Waals surface area contributed by atoms with Gasteiger partial charge in [0.15, 0.2) is 29.2 Å². The number of H-pyrrole nitrogens is 3. The zero-order chi connectivity index (χ0) is 21.1. The number of imidazole rings is 3. The van der Waals surface area contributed by atoms with Crippen molar-refractivity contribution in [1.82, 2.24) is 44.9 Å². The van der Waals surface area contributed by atoms with Gasteiger partial charge in [-0.15, -0.1) is 0 Å². The van der Waals surface area contributed by atoms with E-state index in [1.165, 1.54) is 0 Å². The molecule has 0 radical (unpaired) electrons. The average Bonchev–Trinajstić information content (AvgIpc) is 3.60. The molecule has 1 aliphatic rings. The quantitative estimate of drug-likeness (QED) is 0.401. The third kappa shape index (κ3) is 2.54. The number of fused-ring (bicyclic) bond motifs is 3. The van der Waals surface area contributed by atoms with E-state index in [-0.39, 0.29) is 0 Å². The van der Waals surface area contributed by atoms with Crippen molar-refractivity contribution in [2.24, 2.45) is 9.98 Å². The van der Waals surface area contributed by atoms with Gasteiger partial charge >= 0.3 is 0 Å². The summed E-state index contributed by atoms with van der Waals surface area (Å²) in [4.78, 5) is 46.1. The highest BCUT2D eigenvalue weighted by atomic mass is 15.1. The fourth-order valence-corrected chi connectivity index (χ4v) is 3.81. The van der Waals surface area contributed by atoms with Crippen molar-refractivity contribution >= 4 is 44.8 Å². The molecule has 0 fully saturated rings. The predicted molar refractivity (Wildman–Crippen MR) is 117 cm³/mol. The van der Waals surface area contributed by atoms with E-state index in [9.17, 15) is 0 Å². The fraction of sp³-hybridized carbons (Fsp3) is 0.0476. The molecule has 32 heavy (non-hydrogen) atoms. The van der Waals surface area contributed by atoms with Crippen LogP contribution in [0.25, 0.3) is 33.2 Å². The monoisotopic (exact) mass is 419 g/mol. The van der Waals surface area contributed by atoms with Crippen LogP contribution in [0.2, 0.25) is 0 Å². The van der Waals surface area contributed by atoms with Crippen LogP contribution in [0.15, 0.2) is 65.2 Å². The molecule has 0 aromatic carbocycles. The maximum absolute atomic E-state index is 4.85. The van der Waals surface area contributed by atoms with Crippen molar-refractivity contribution in [3.05, 3.63) is 72.7 Å². The zero-order valence-electron chi connectivity index (χ0n) is 16.4.